The number of carboxylic acid groups (broad SMARTS) is 2. The van der Waals surface area contributed by atoms with Crippen LogP contribution in [-0.2, 0) is 20.9 Å². The summed E-state index contributed by atoms with van der Waals surface area (Å²) in [7, 11) is 1.61. The summed E-state index contributed by atoms with van der Waals surface area (Å²) in [5.74, 6) is -5.10. The molecule has 4 bridgehead atoms. The number of nitrogens with zero attached hydrogens (tertiary/aromatic N) is 1. The highest BCUT2D eigenvalue weighted by Crippen LogP contribution is 2.33. The number of carbonyl (C=O) groups excluding carboxylic acids is 2. The third-order valence-corrected chi connectivity index (χ3v) is 8.84. The van der Waals surface area contributed by atoms with Gasteiger partial charge >= 0.3 is 24.2 Å². The summed E-state index contributed by atoms with van der Waals surface area (Å²) in [6, 6.07) is 20.1. The molecule has 2 atom stereocenters. The van der Waals surface area contributed by atoms with Crippen molar-refractivity contribution < 1.29 is 51.7 Å². The number of nitrogens with one attached hydrogen (secondary N) is 3. The molecule has 286 valence electrons. The van der Waals surface area contributed by atoms with Gasteiger partial charge in [-0.05, 0) is 88.7 Å². The predicted octanol–water partition coefficient (Wildman–Crippen LogP) is 7.45. The van der Waals surface area contributed by atoms with E-state index in [2.05, 4.69) is 15.6 Å². The number of likely N-dealkylation sites (N-methyl/N-ethyl adjacent to an activating group) is 1. The van der Waals surface area contributed by atoms with E-state index in [0.717, 1.165) is 22.6 Å². The molecular weight excluding hydrogens is 728 g/mol. The van der Waals surface area contributed by atoms with Gasteiger partial charge in [-0.15, -0.1) is 0 Å². The van der Waals surface area contributed by atoms with E-state index in [1.54, 1.807) is 55.7 Å². The van der Waals surface area contributed by atoms with E-state index >= 15 is 4.39 Å². The number of benzene rings is 4. The molecule has 12 nitrogen and oxygen atoms in total. The first-order valence-corrected chi connectivity index (χ1v) is 16.6. The first-order valence-electron chi connectivity index (χ1n) is 16.6. The van der Waals surface area contributed by atoms with Crippen molar-refractivity contribution in [3.63, 3.8) is 0 Å². The zero-order chi connectivity index (χ0) is 40.2. The van der Waals surface area contributed by atoms with Crippen molar-refractivity contribution in [3.05, 3.63) is 129 Å². The Hall–Kier alpha value is -6.71. The fourth-order valence-corrected chi connectivity index (χ4v) is 6.09. The molecule has 2 aliphatic rings. The average molecular weight is 763 g/mol. The Bertz CT molecular complexity index is 2360. The molecule has 5 aromatic rings. The number of aromatic amines is 1. The highest BCUT2D eigenvalue weighted by atomic mass is 19.4. The minimum Gasteiger partial charge on any atom is -0.478 e. The number of pyridine rings is 1. The number of fused-ring (bicyclic) bond motifs is 10. The fourth-order valence-electron chi connectivity index (χ4n) is 6.09. The third kappa shape index (κ3) is 9.27. The Morgan fingerprint density at radius 3 is 2.33 bits per heavy atom. The molecule has 0 radical (unpaired) electrons. The van der Waals surface area contributed by atoms with Gasteiger partial charge in [0.1, 0.15) is 11.9 Å². The topological polar surface area (TPSA) is 178 Å². The van der Waals surface area contributed by atoms with Gasteiger partial charge < -0.3 is 30.2 Å². The Kier molecular flexibility index (Phi) is 11.6. The van der Waals surface area contributed by atoms with E-state index in [1.165, 1.54) is 17.0 Å². The Balaban J connectivity index is 0.000000757. The van der Waals surface area contributed by atoms with E-state index in [-0.39, 0.29) is 41.7 Å². The van der Waals surface area contributed by atoms with Crippen LogP contribution >= 0.6 is 0 Å². The maximum Gasteiger partial charge on any atom is 0.490 e. The quantitative estimate of drug-likeness (QED) is 0.116. The maximum atomic E-state index is 15.2. The Morgan fingerprint density at radius 1 is 0.927 bits per heavy atom. The van der Waals surface area contributed by atoms with Crippen LogP contribution in [0.25, 0.3) is 21.9 Å². The van der Waals surface area contributed by atoms with Gasteiger partial charge in [0.05, 0.1) is 12.2 Å². The van der Waals surface area contributed by atoms with Crippen LogP contribution in [0.1, 0.15) is 51.5 Å². The molecule has 0 saturated carbocycles. The molecule has 16 heteroatoms. The lowest BCUT2D eigenvalue weighted by atomic mass is 9.92. The maximum absolute atomic E-state index is 15.2. The number of aromatic nitrogens is 1. The van der Waals surface area contributed by atoms with Crippen molar-refractivity contribution in [1.29, 1.82) is 0 Å². The molecule has 3 heterocycles. The van der Waals surface area contributed by atoms with Crippen molar-refractivity contribution >= 4 is 46.1 Å². The van der Waals surface area contributed by atoms with Gasteiger partial charge in [-0.3, -0.25) is 14.9 Å². The van der Waals surface area contributed by atoms with Gasteiger partial charge in [-0.25, -0.2) is 18.8 Å². The third-order valence-electron chi connectivity index (χ3n) is 8.84. The van der Waals surface area contributed by atoms with Crippen molar-refractivity contribution in [2.75, 3.05) is 24.3 Å². The first-order chi connectivity index (χ1) is 25.9. The van der Waals surface area contributed by atoms with Gasteiger partial charge in [0.15, 0.2) is 0 Å². The minimum atomic E-state index is -5.08. The highest BCUT2D eigenvalue weighted by molar-refractivity contribution is 5.91. The van der Waals surface area contributed by atoms with Crippen LogP contribution in [0, 0.1) is 12.7 Å². The van der Waals surface area contributed by atoms with Gasteiger partial charge in [0.2, 0.25) is 5.91 Å². The predicted molar refractivity (Wildman–Crippen MR) is 194 cm³/mol. The lowest BCUT2D eigenvalue weighted by Gasteiger charge is -2.28. The number of halogens is 4. The molecule has 4 aromatic carbocycles. The lowest BCUT2D eigenvalue weighted by molar-refractivity contribution is -0.192. The number of carbonyl (C=O) groups is 4. The summed E-state index contributed by atoms with van der Waals surface area (Å²) >= 11 is 0. The number of aromatic carboxylic acids is 1. The molecule has 2 aliphatic heterocycles. The van der Waals surface area contributed by atoms with Gasteiger partial charge in [0.25, 0.3) is 5.56 Å². The molecule has 2 amide bonds. The number of H-pyrrole nitrogens is 1. The van der Waals surface area contributed by atoms with E-state index in [0.29, 0.717) is 33.5 Å². The van der Waals surface area contributed by atoms with Crippen LogP contribution in [0.15, 0.2) is 89.9 Å². The van der Waals surface area contributed by atoms with Crippen LogP contribution < -0.4 is 16.2 Å². The van der Waals surface area contributed by atoms with Crippen molar-refractivity contribution in [2.24, 2.45) is 0 Å². The van der Waals surface area contributed by atoms with Crippen molar-refractivity contribution in [2.45, 2.75) is 38.5 Å². The van der Waals surface area contributed by atoms with E-state index in [4.69, 9.17) is 14.6 Å². The number of carboxylic acids is 2. The number of anilines is 2. The molecule has 0 saturated heterocycles. The number of aliphatic carboxylic acids is 1. The smallest absolute Gasteiger partial charge is 0.478 e. The summed E-state index contributed by atoms with van der Waals surface area (Å²) in [6.45, 7) is 3.93. The number of aryl methyl sites for hydroxylation is 1. The second-order valence-corrected chi connectivity index (χ2v) is 12.8. The zero-order valence-corrected chi connectivity index (χ0v) is 29.5. The lowest BCUT2D eigenvalue weighted by Crippen LogP contribution is -2.35. The van der Waals surface area contributed by atoms with Crippen LogP contribution in [0.2, 0.25) is 0 Å². The standard InChI is InChI=1S/C37H33FN4O6.C2HF3O2/c1-20-14-23-5-9-28(20)21(2)19-48-37(47)41-26-8-10-29(31-16-24(36(45)46)6-11-32(31)38)25(15-26)18-42(3)35(44)33(23)40-27-7-4-22-12-13-39-34(43)30(22)17-27;3-2(4,5)1(6)7/h4-17,21,33,40H,18-19H2,1-3H3,(H,39,43)(H,41,47)(H,45,46);(H,6,7)/t21-,33+;/m0./s1. The second kappa shape index (κ2) is 16.1. The average Bonchev–Trinajstić information content (AvgIpc) is 3.12. The largest absolute Gasteiger partial charge is 0.490 e. The molecule has 1 aromatic heterocycles. The number of amides is 2. The zero-order valence-electron chi connectivity index (χ0n) is 29.5. The molecule has 0 unspecified atom stereocenters. The molecule has 55 heavy (non-hydrogen) atoms. The Labute approximate surface area is 310 Å². The Morgan fingerprint density at radius 2 is 1.65 bits per heavy atom. The summed E-state index contributed by atoms with van der Waals surface area (Å²) in [5, 5.41) is 24.0. The van der Waals surface area contributed by atoms with Gasteiger partial charge in [-0.2, -0.15) is 13.2 Å². The molecule has 0 fully saturated rings. The van der Waals surface area contributed by atoms with E-state index in [9.17, 15) is 37.5 Å². The minimum absolute atomic E-state index is 0.0286. The van der Waals surface area contributed by atoms with E-state index < -0.39 is 36.1 Å². The molecular formula is C39H34F4N4O8. The number of hydrogen-bond donors (Lipinski definition) is 5. The van der Waals surface area contributed by atoms with Gasteiger partial charge in [-0.1, -0.05) is 37.3 Å². The number of alkyl halides is 3. The van der Waals surface area contributed by atoms with Crippen molar-refractivity contribution in [1.82, 2.24) is 9.88 Å². The SMILES string of the molecule is Cc1cc2ccc1[C@@H](C)COC(=O)Nc1ccc(-c3cc(C(=O)O)ccc3F)c(c1)CN(C)C(=O)[C@@H]2Nc1ccc2cc[nH]c(=O)c2c1.O=C(O)C(F)(F)F. The summed E-state index contributed by atoms with van der Waals surface area (Å²) in [4.78, 5) is 64.5. The fraction of sp³-hybridized carbons (Fsp3) is 0.205. The summed E-state index contributed by atoms with van der Waals surface area (Å²) < 4.78 is 52.5. The highest BCUT2D eigenvalue weighted by Gasteiger charge is 2.38. The number of ether oxygens (including phenoxy) is 1. The molecule has 5 N–H and O–H groups in total. The first kappa shape index (κ1) is 39.5. The summed E-state index contributed by atoms with van der Waals surface area (Å²) in [5.41, 5.74) is 3.90. The van der Waals surface area contributed by atoms with Crippen LogP contribution in [-0.4, -0.2) is 63.9 Å². The van der Waals surface area contributed by atoms with Gasteiger partial charge in [0, 0.05) is 48.0 Å². The monoisotopic (exact) mass is 762 g/mol. The number of rotatable bonds is 4. The van der Waals surface area contributed by atoms with Crippen LogP contribution in [0.3, 0.4) is 0 Å². The van der Waals surface area contributed by atoms with E-state index in [1.807, 2.05) is 32.0 Å². The number of hydrogen-bond acceptors (Lipinski definition) is 7. The molecule has 0 aliphatic carbocycles. The summed E-state index contributed by atoms with van der Waals surface area (Å²) in [6.07, 6.45) is -4.18. The second-order valence-electron chi connectivity index (χ2n) is 12.8. The normalized spacial score (nSPS) is 16.1. The van der Waals surface area contributed by atoms with Crippen molar-refractivity contribution in [3.8, 4) is 11.1 Å². The molecule has 7 rings (SSSR count). The van der Waals surface area contributed by atoms with Crippen LogP contribution in [0.4, 0.5) is 33.7 Å². The van der Waals surface area contributed by atoms with Crippen LogP contribution in [0.5, 0.6) is 0 Å². The molecule has 0 spiro atoms.